The lowest BCUT2D eigenvalue weighted by Gasteiger charge is -1.84. The van der Waals surface area contributed by atoms with Crippen LogP contribution in [0.15, 0.2) is 30.0 Å². The molecule has 0 aliphatic heterocycles. The summed E-state index contributed by atoms with van der Waals surface area (Å²) in [7, 11) is 0. The Bertz CT molecular complexity index is 558. The number of hydrogen-bond donors (Lipinski definition) is 1. The van der Waals surface area contributed by atoms with Crippen LogP contribution in [0.2, 0.25) is 0 Å². The normalized spacial score (nSPS) is 9.20. The van der Waals surface area contributed by atoms with Crippen molar-refractivity contribution in [1.82, 2.24) is 9.97 Å². The number of nitriles is 2. The maximum atomic E-state index is 8.59. The predicted molar refractivity (Wildman–Crippen MR) is 55.3 cm³/mol. The van der Waals surface area contributed by atoms with Crippen molar-refractivity contribution in [2.24, 2.45) is 0 Å². The van der Waals surface area contributed by atoms with Gasteiger partial charge < -0.3 is 4.98 Å². The zero-order valence-corrected chi connectivity index (χ0v) is 7.73. The van der Waals surface area contributed by atoms with Crippen molar-refractivity contribution in [2.45, 2.75) is 0 Å². The van der Waals surface area contributed by atoms with Crippen LogP contribution in [0.25, 0.3) is 17.1 Å². The van der Waals surface area contributed by atoms with Gasteiger partial charge in [-0.05, 0) is 24.3 Å². The molecule has 0 amide bonds. The summed E-state index contributed by atoms with van der Waals surface area (Å²) in [5.74, 6) is 0. The number of allylic oxidation sites excluding steroid dienone is 1. The van der Waals surface area contributed by atoms with Crippen molar-refractivity contribution >= 4 is 17.1 Å². The minimum atomic E-state index is 0.0709. The molecule has 0 aliphatic rings. The van der Waals surface area contributed by atoms with E-state index in [0.717, 1.165) is 11.0 Å². The molecule has 0 saturated heterocycles. The molecular weight excluding hydrogens is 188 g/mol. The molecule has 2 aromatic heterocycles. The number of pyridine rings is 1. The Morgan fingerprint density at radius 1 is 1.40 bits per heavy atom. The summed E-state index contributed by atoms with van der Waals surface area (Å²) in [6, 6.07) is 9.20. The van der Waals surface area contributed by atoms with Gasteiger partial charge in [-0.25, -0.2) is 4.98 Å². The van der Waals surface area contributed by atoms with Crippen molar-refractivity contribution in [3.8, 4) is 12.1 Å². The first-order valence-corrected chi connectivity index (χ1v) is 4.29. The molecule has 0 bridgehead atoms. The van der Waals surface area contributed by atoms with Gasteiger partial charge in [0.05, 0.1) is 0 Å². The fraction of sp³-hybridized carbons (Fsp3) is 0. The number of H-pyrrole nitrogens is 1. The Labute approximate surface area is 86.1 Å². The average Bonchev–Trinajstić information content (AvgIpc) is 2.68. The molecule has 70 valence electrons. The molecule has 2 rings (SSSR count). The monoisotopic (exact) mass is 194 g/mol. The van der Waals surface area contributed by atoms with Gasteiger partial charge in [-0.1, -0.05) is 0 Å². The van der Waals surface area contributed by atoms with Crippen molar-refractivity contribution < 1.29 is 0 Å². The Balaban J connectivity index is 2.52. The molecule has 1 N–H and O–H groups in total. The molecule has 0 aromatic carbocycles. The van der Waals surface area contributed by atoms with E-state index in [1.165, 1.54) is 6.08 Å². The second-order valence-corrected chi connectivity index (χ2v) is 2.95. The van der Waals surface area contributed by atoms with Crippen LogP contribution < -0.4 is 0 Å². The fourth-order valence-corrected chi connectivity index (χ4v) is 1.30. The lowest BCUT2D eigenvalue weighted by molar-refractivity contribution is 1.31. The van der Waals surface area contributed by atoms with E-state index in [1.807, 2.05) is 18.2 Å². The van der Waals surface area contributed by atoms with Crippen molar-refractivity contribution in [3.05, 3.63) is 35.7 Å². The smallest absolute Gasteiger partial charge is 0.137 e. The average molecular weight is 194 g/mol. The molecule has 0 aliphatic carbocycles. The zero-order valence-electron chi connectivity index (χ0n) is 7.73. The van der Waals surface area contributed by atoms with E-state index in [0.29, 0.717) is 5.69 Å². The molecule has 4 nitrogen and oxygen atoms in total. The van der Waals surface area contributed by atoms with Crippen molar-refractivity contribution in [2.75, 3.05) is 0 Å². The maximum Gasteiger partial charge on any atom is 0.137 e. The Hall–Kier alpha value is -2.59. The first-order valence-electron chi connectivity index (χ1n) is 4.29. The van der Waals surface area contributed by atoms with E-state index in [1.54, 1.807) is 18.3 Å². The number of aromatic amines is 1. The maximum absolute atomic E-state index is 8.59. The van der Waals surface area contributed by atoms with Gasteiger partial charge in [0.25, 0.3) is 0 Å². The van der Waals surface area contributed by atoms with Gasteiger partial charge in [-0.15, -0.1) is 0 Å². The van der Waals surface area contributed by atoms with E-state index in [4.69, 9.17) is 10.5 Å². The van der Waals surface area contributed by atoms with Gasteiger partial charge in [0.15, 0.2) is 0 Å². The summed E-state index contributed by atoms with van der Waals surface area (Å²) in [6.45, 7) is 0. The summed E-state index contributed by atoms with van der Waals surface area (Å²) in [6.07, 6.45) is 3.18. The van der Waals surface area contributed by atoms with Crippen LogP contribution in [0, 0.1) is 22.7 Å². The molecule has 0 atom stereocenters. The van der Waals surface area contributed by atoms with Gasteiger partial charge in [-0.2, -0.15) is 10.5 Å². The van der Waals surface area contributed by atoms with E-state index in [9.17, 15) is 0 Å². The van der Waals surface area contributed by atoms with Gasteiger partial charge in [-0.3, -0.25) is 0 Å². The molecular formula is C11H6N4. The summed E-state index contributed by atoms with van der Waals surface area (Å²) in [5, 5.41) is 18.1. The third kappa shape index (κ3) is 1.70. The first-order chi connectivity index (χ1) is 7.33. The number of nitrogens with zero attached hydrogens (tertiary/aromatic N) is 3. The molecule has 4 heteroatoms. The summed E-state index contributed by atoms with van der Waals surface area (Å²) >= 11 is 0. The Morgan fingerprint density at radius 3 is 2.87 bits per heavy atom. The highest BCUT2D eigenvalue weighted by molar-refractivity contribution is 5.80. The summed E-state index contributed by atoms with van der Waals surface area (Å²) in [4.78, 5) is 7.12. The molecule has 0 fully saturated rings. The van der Waals surface area contributed by atoms with E-state index >= 15 is 0 Å². The molecule has 0 radical (unpaired) electrons. The second-order valence-electron chi connectivity index (χ2n) is 2.95. The lowest BCUT2D eigenvalue weighted by atomic mass is 10.2. The van der Waals surface area contributed by atoms with Crippen LogP contribution in [-0.2, 0) is 0 Å². The first kappa shape index (κ1) is 8.98. The van der Waals surface area contributed by atoms with E-state index < -0.39 is 0 Å². The van der Waals surface area contributed by atoms with Crippen LogP contribution in [0.5, 0.6) is 0 Å². The summed E-state index contributed by atoms with van der Waals surface area (Å²) < 4.78 is 0. The van der Waals surface area contributed by atoms with Crippen LogP contribution >= 0.6 is 0 Å². The quantitative estimate of drug-likeness (QED) is 0.705. The number of fused-ring (bicyclic) bond motifs is 1. The Morgan fingerprint density at radius 2 is 2.20 bits per heavy atom. The van der Waals surface area contributed by atoms with Crippen LogP contribution in [0.1, 0.15) is 5.69 Å². The molecule has 2 aromatic rings. The highest BCUT2D eigenvalue weighted by atomic mass is 14.8. The third-order valence-corrected chi connectivity index (χ3v) is 1.95. The van der Waals surface area contributed by atoms with Gasteiger partial charge in [0.1, 0.15) is 23.4 Å². The van der Waals surface area contributed by atoms with Gasteiger partial charge in [0, 0.05) is 17.3 Å². The molecule has 0 unspecified atom stereocenters. The molecule has 2 heterocycles. The number of aromatic nitrogens is 2. The molecule has 15 heavy (non-hydrogen) atoms. The highest BCUT2D eigenvalue weighted by Crippen LogP contribution is 2.14. The zero-order chi connectivity index (χ0) is 10.7. The number of nitrogens with one attached hydrogen (secondary N) is 1. The van der Waals surface area contributed by atoms with E-state index in [2.05, 4.69) is 9.97 Å². The molecule has 0 saturated carbocycles. The van der Waals surface area contributed by atoms with Crippen LogP contribution in [0.3, 0.4) is 0 Å². The van der Waals surface area contributed by atoms with Crippen molar-refractivity contribution in [1.29, 1.82) is 10.5 Å². The van der Waals surface area contributed by atoms with E-state index in [-0.39, 0.29) is 5.57 Å². The third-order valence-electron chi connectivity index (χ3n) is 1.95. The minimum Gasteiger partial charge on any atom is -0.340 e. The van der Waals surface area contributed by atoms with Crippen LogP contribution in [0.4, 0.5) is 0 Å². The Kier molecular flexibility index (Phi) is 2.19. The summed E-state index contributed by atoms with van der Waals surface area (Å²) in [5.41, 5.74) is 1.53. The highest BCUT2D eigenvalue weighted by Gasteiger charge is 1.99. The number of hydrogen-bond acceptors (Lipinski definition) is 3. The topological polar surface area (TPSA) is 76.3 Å². The second kappa shape index (κ2) is 3.65. The standard InChI is InChI=1S/C11H6N4/c12-6-8(7-13)4-10-5-9-2-1-3-14-11(9)15-10/h1-5H,(H,14,15). The van der Waals surface area contributed by atoms with Crippen molar-refractivity contribution in [3.63, 3.8) is 0 Å². The van der Waals surface area contributed by atoms with Gasteiger partial charge in [0.2, 0.25) is 0 Å². The van der Waals surface area contributed by atoms with Gasteiger partial charge >= 0.3 is 0 Å². The van der Waals surface area contributed by atoms with Crippen LogP contribution in [-0.4, -0.2) is 9.97 Å². The largest absolute Gasteiger partial charge is 0.340 e. The lowest BCUT2D eigenvalue weighted by Crippen LogP contribution is -1.76. The number of rotatable bonds is 1. The predicted octanol–water partition coefficient (Wildman–Crippen LogP) is 1.99. The molecule has 0 spiro atoms. The SMILES string of the molecule is N#CC(C#N)=Cc1cc2cccnc2[nH]1. The minimum absolute atomic E-state index is 0.0709. The fourth-order valence-electron chi connectivity index (χ4n) is 1.30.